The van der Waals surface area contributed by atoms with Gasteiger partial charge in [-0.3, -0.25) is 9.48 Å². The lowest BCUT2D eigenvalue weighted by molar-refractivity contribution is 0.0949. The van der Waals surface area contributed by atoms with Gasteiger partial charge in [-0.05, 0) is 37.6 Å². The van der Waals surface area contributed by atoms with Crippen LogP contribution in [0.2, 0.25) is 0 Å². The lowest BCUT2D eigenvalue weighted by Gasteiger charge is -2.22. The third kappa shape index (κ3) is 3.86. The summed E-state index contributed by atoms with van der Waals surface area (Å²) in [6.45, 7) is 3.12. The number of amides is 1. The maximum Gasteiger partial charge on any atom is 0.271 e. The van der Waals surface area contributed by atoms with E-state index >= 15 is 0 Å². The van der Waals surface area contributed by atoms with Gasteiger partial charge in [-0.2, -0.15) is 5.10 Å². The Morgan fingerprint density at radius 2 is 2.23 bits per heavy atom. The quantitative estimate of drug-likeness (QED) is 0.580. The van der Waals surface area contributed by atoms with Crippen LogP contribution in [0, 0.1) is 0 Å². The topological polar surface area (TPSA) is 83.9 Å². The van der Waals surface area contributed by atoms with Crippen LogP contribution < -0.4 is 16.0 Å². The van der Waals surface area contributed by atoms with E-state index in [-0.39, 0.29) is 5.91 Å². The minimum atomic E-state index is -0.140. The molecule has 1 unspecified atom stereocenters. The number of hydrogen-bond acceptors (Lipinski definition) is 6. The molecule has 1 amide bonds. The number of anilines is 1. The highest BCUT2D eigenvalue weighted by Crippen LogP contribution is 2.24. The van der Waals surface area contributed by atoms with E-state index in [1.54, 1.807) is 17.4 Å². The number of para-hydroxylation sites is 1. The molecular weight excluding hydrogens is 348 g/mol. The number of carbonyl (C=O) groups excluding carboxylic acids is 1. The van der Waals surface area contributed by atoms with Gasteiger partial charge in [0, 0.05) is 25.8 Å². The van der Waals surface area contributed by atoms with E-state index in [9.17, 15) is 4.79 Å². The van der Waals surface area contributed by atoms with Crippen LogP contribution in [0.5, 0.6) is 0 Å². The molecule has 1 saturated heterocycles. The van der Waals surface area contributed by atoms with Gasteiger partial charge < -0.3 is 16.0 Å². The maximum absolute atomic E-state index is 12.2. The number of benzene rings is 1. The first kappa shape index (κ1) is 17.0. The molecule has 3 aromatic rings. The molecule has 1 atom stereocenters. The molecule has 1 aromatic carbocycles. The Morgan fingerprint density at radius 3 is 3.08 bits per heavy atom. The second kappa shape index (κ2) is 7.84. The highest BCUT2D eigenvalue weighted by atomic mass is 32.1. The van der Waals surface area contributed by atoms with Crippen molar-refractivity contribution in [2.45, 2.75) is 18.9 Å². The Labute approximate surface area is 155 Å². The number of thiazole rings is 1. The van der Waals surface area contributed by atoms with Crippen LogP contribution in [0.25, 0.3) is 10.2 Å². The first-order chi connectivity index (χ1) is 12.8. The van der Waals surface area contributed by atoms with Crippen LogP contribution in [0.4, 0.5) is 5.13 Å². The molecule has 1 fully saturated rings. The van der Waals surface area contributed by atoms with E-state index in [1.807, 2.05) is 29.1 Å². The van der Waals surface area contributed by atoms with Crippen molar-refractivity contribution in [1.29, 1.82) is 0 Å². The molecule has 8 heteroatoms. The molecule has 0 bridgehead atoms. The fourth-order valence-electron chi connectivity index (χ4n) is 3.11. The summed E-state index contributed by atoms with van der Waals surface area (Å²) in [7, 11) is 0. The summed E-state index contributed by atoms with van der Waals surface area (Å²) in [6, 6.07) is 10.2. The summed E-state index contributed by atoms with van der Waals surface area (Å²) >= 11 is 1.62. The number of aromatic nitrogens is 3. The van der Waals surface area contributed by atoms with Gasteiger partial charge >= 0.3 is 0 Å². The van der Waals surface area contributed by atoms with E-state index in [2.05, 4.69) is 32.1 Å². The average molecular weight is 370 g/mol. The molecule has 0 aliphatic carbocycles. The number of piperidine rings is 1. The SMILES string of the molecule is O=C(NCCNc1nc2ccccc2s1)c1ccn(C2CCCNC2)n1. The third-order valence-corrected chi connectivity index (χ3v) is 5.46. The lowest BCUT2D eigenvalue weighted by Crippen LogP contribution is -2.32. The Balaban J connectivity index is 1.25. The lowest BCUT2D eigenvalue weighted by atomic mass is 10.1. The van der Waals surface area contributed by atoms with Crippen LogP contribution in [0.1, 0.15) is 29.4 Å². The normalized spacial score (nSPS) is 17.3. The van der Waals surface area contributed by atoms with Gasteiger partial charge in [0.25, 0.3) is 5.91 Å². The van der Waals surface area contributed by atoms with E-state index < -0.39 is 0 Å². The second-order valence-electron chi connectivity index (χ2n) is 6.35. The van der Waals surface area contributed by atoms with Crippen molar-refractivity contribution in [2.24, 2.45) is 0 Å². The van der Waals surface area contributed by atoms with E-state index in [0.717, 1.165) is 41.3 Å². The fourth-order valence-corrected chi connectivity index (χ4v) is 4.00. The molecule has 0 saturated carbocycles. The Kier molecular flexibility index (Phi) is 5.12. The van der Waals surface area contributed by atoms with Crippen molar-refractivity contribution in [2.75, 3.05) is 31.5 Å². The zero-order chi connectivity index (χ0) is 17.8. The summed E-state index contributed by atoms with van der Waals surface area (Å²) in [5.41, 5.74) is 1.46. The van der Waals surface area contributed by atoms with Gasteiger partial charge in [-0.1, -0.05) is 23.5 Å². The van der Waals surface area contributed by atoms with Gasteiger partial charge in [-0.15, -0.1) is 0 Å². The van der Waals surface area contributed by atoms with Gasteiger partial charge in [0.1, 0.15) is 5.69 Å². The highest BCUT2D eigenvalue weighted by molar-refractivity contribution is 7.22. The smallest absolute Gasteiger partial charge is 0.271 e. The number of rotatable bonds is 6. The predicted molar refractivity (Wildman–Crippen MR) is 104 cm³/mol. The Hall–Kier alpha value is -2.45. The largest absolute Gasteiger partial charge is 0.360 e. The van der Waals surface area contributed by atoms with E-state index in [1.165, 1.54) is 0 Å². The standard InChI is InChI=1S/C18H22N6OS/c25-17(15-7-11-24(23-15)13-4-3-8-19-12-13)20-9-10-21-18-22-14-5-1-2-6-16(14)26-18/h1-2,5-7,11,13,19H,3-4,8-10,12H2,(H,20,25)(H,21,22). The second-order valence-corrected chi connectivity index (χ2v) is 7.38. The van der Waals surface area contributed by atoms with Crippen molar-refractivity contribution >= 4 is 32.6 Å². The van der Waals surface area contributed by atoms with Gasteiger partial charge in [0.2, 0.25) is 0 Å². The van der Waals surface area contributed by atoms with Gasteiger partial charge in [0.15, 0.2) is 5.13 Å². The van der Waals surface area contributed by atoms with Crippen molar-refractivity contribution in [1.82, 2.24) is 25.4 Å². The van der Waals surface area contributed by atoms with Crippen LogP contribution in [0.3, 0.4) is 0 Å². The molecule has 0 spiro atoms. The highest BCUT2D eigenvalue weighted by Gasteiger charge is 2.17. The first-order valence-electron chi connectivity index (χ1n) is 8.93. The summed E-state index contributed by atoms with van der Waals surface area (Å²) < 4.78 is 3.06. The molecule has 1 aliphatic rings. The monoisotopic (exact) mass is 370 g/mol. The molecule has 136 valence electrons. The average Bonchev–Trinajstić information content (AvgIpc) is 3.32. The van der Waals surface area contributed by atoms with Crippen molar-refractivity contribution in [3.8, 4) is 0 Å². The van der Waals surface area contributed by atoms with Crippen molar-refractivity contribution in [3.63, 3.8) is 0 Å². The minimum Gasteiger partial charge on any atom is -0.360 e. The van der Waals surface area contributed by atoms with E-state index in [0.29, 0.717) is 24.8 Å². The van der Waals surface area contributed by atoms with Crippen LogP contribution in [-0.2, 0) is 0 Å². The predicted octanol–water partition coefficient (Wildman–Crippen LogP) is 2.26. The fraction of sp³-hybridized carbons (Fsp3) is 0.389. The Morgan fingerprint density at radius 1 is 1.31 bits per heavy atom. The molecule has 7 nitrogen and oxygen atoms in total. The molecule has 1 aliphatic heterocycles. The molecule has 3 N–H and O–H groups in total. The maximum atomic E-state index is 12.2. The number of carbonyl (C=O) groups is 1. The summed E-state index contributed by atoms with van der Waals surface area (Å²) in [5, 5.41) is 14.8. The van der Waals surface area contributed by atoms with E-state index in [4.69, 9.17) is 0 Å². The van der Waals surface area contributed by atoms with Crippen LogP contribution >= 0.6 is 11.3 Å². The zero-order valence-corrected chi connectivity index (χ0v) is 15.3. The van der Waals surface area contributed by atoms with Crippen LogP contribution in [-0.4, -0.2) is 46.9 Å². The summed E-state index contributed by atoms with van der Waals surface area (Å²) in [6.07, 6.45) is 4.14. The first-order valence-corrected chi connectivity index (χ1v) is 9.75. The number of hydrogen-bond donors (Lipinski definition) is 3. The summed E-state index contributed by atoms with van der Waals surface area (Å²) in [4.78, 5) is 16.8. The van der Waals surface area contributed by atoms with Gasteiger partial charge in [-0.25, -0.2) is 4.98 Å². The van der Waals surface area contributed by atoms with Crippen molar-refractivity contribution in [3.05, 3.63) is 42.2 Å². The zero-order valence-electron chi connectivity index (χ0n) is 14.4. The molecule has 26 heavy (non-hydrogen) atoms. The molecule has 0 radical (unpaired) electrons. The molecule has 3 heterocycles. The number of nitrogens with one attached hydrogen (secondary N) is 3. The Bertz CT molecular complexity index is 850. The van der Waals surface area contributed by atoms with Crippen LogP contribution in [0.15, 0.2) is 36.5 Å². The third-order valence-electron chi connectivity index (χ3n) is 4.47. The van der Waals surface area contributed by atoms with Crippen molar-refractivity contribution < 1.29 is 4.79 Å². The summed E-state index contributed by atoms with van der Waals surface area (Å²) in [5.74, 6) is -0.140. The molecular formula is C18H22N6OS. The molecule has 4 rings (SSSR count). The minimum absolute atomic E-state index is 0.140. The number of fused-ring (bicyclic) bond motifs is 1. The van der Waals surface area contributed by atoms with Gasteiger partial charge in [0.05, 0.1) is 16.3 Å². The molecule has 2 aromatic heterocycles. The number of nitrogens with zero attached hydrogens (tertiary/aromatic N) is 3.